The Kier molecular flexibility index (Phi) is 50.3. The van der Waals surface area contributed by atoms with E-state index < -0.39 is 49.5 Å². The first-order chi connectivity index (χ1) is 35.8. The molecule has 0 aromatic heterocycles. The molecule has 7 unspecified atom stereocenters. The molecule has 1 rings (SSSR count). The summed E-state index contributed by atoms with van der Waals surface area (Å²) in [6, 6.07) is -0.804. The SMILES string of the molecule is CC/C=C\C/C=C\C/C=C\C/C=C\CCCCCCCCCCCCCCCCCCCCCCCCC(=O)NC(COC1OC(CO)C(O)C(O)C1O)C(O)/C=C/CCCCCCCCCCCCCCC. The summed E-state index contributed by atoms with van der Waals surface area (Å²) in [7, 11) is 0. The van der Waals surface area contributed by atoms with Gasteiger partial charge in [0.2, 0.25) is 5.91 Å². The first kappa shape index (κ1) is 68.9. The lowest BCUT2D eigenvalue weighted by molar-refractivity contribution is -0.302. The van der Waals surface area contributed by atoms with Gasteiger partial charge in [0.05, 0.1) is 25.4 Å². The van der Waals surface area contributed by atoms with E-state index >= 15 is 0 Å². The molecular formula is C64H117NO8. The lowest BCUT2D eigenvalue weighted by Crippen LogP contribution is -2.60. The quantitative estimate of drug-likeness (QED) is 0.0261. The number of hydrogen-bond acceptors (Lipinski definition) is 8. The molecule has 1 amide bonds. The van der Waals surface area contributed by atoms with Crippen LogP contribution in [0.3, 0.4) is 0 Å². The van der Waals surface area contributed by atoms with Crippen molar-refractivity contribution in [2.24, 2.45) is 0 Å². The molecule has 7 atom stereocenters. The highest BCUT2D eigenvalue weighted by Crippen LogP contribution is 2.23. The maximum atomic E-state index is 13.1. The molecule has 426 valence electrons. The van der Waals surface area contributed by atoms with Gasteiger partial charge in [0.25, 0.3) is 0 Å². The number of aliphatic hydroxyl groups is 5. The number of unbranched alkanes of at least 4 members (excludes halogenated alkanes) is 35. The second-order valence-corrected chi connectivity index (χ2v) is 21.5. The van der Waals surface area contributed by atoms with Gasteiger partial charge in [0.1, 0.15) is 24.4 Å². The maximum Gasteiger partial charge on any atom is 0.220 e. The van der Waals surface area contributed by atoms with Crippen LogP contribution in [-0.4, -0.2) is 87.5 Å². The van der Waals surface area contributed by atoms with Crippen LogP contribution in [0.25, 0.3) is 0 Å². The highest BCUT2D eigenvalue weighted by atomic mass is 16.7. The molecule has 0 saturated carbocycles. The van der Waals surface area contributed by atoms with E-state index in [0.29, 0.717) is 6.42 Å². The van der Waals surface area contributed by atoms with Gasteiger partial charge in [-0.3, -0.25) is 4.79 Å². The number of nitrogens with one attached hydrogen (secondary N) is 1. The highest BCUT2D eigenvalue weighted by Gasteiger charge is 2.44. The Hall–Kier alpha value is -2.11. The number of rotatable bonds is 53. The van der Waals surface area contributed by atoms with E-state index in [4.69, 9.17) is 9.47 Å². The fourth-order valence-corrected chi connectivity index (χ4v) is 9.74. The normalized spacial score (nSPS) is 19.5. The molecule has 73 heavy (non-hydrogen) atoms. The van der Waals surface area contributed by atoms with Crippen LogP contribution in [0.5, 0.6) is 0 Å². The van der Waals surface area contributed by atoms with Gasteiger partial charge in [-0.05, 0) is 57.8 Å². The number of hydrogen-bond donors (Lipinski definition) is 6. The fraction of sp³-hybridized carbons (Fsp3) is 0.828. The Bertz CT molecular complexity index is 1330. The van der Waals surface area contributed by atoms with Crippen LogP contribution in [0.2, 0.25) is 0 Å². The maximum absolute atomic E-state index is 13.1. The highest BCUT2D eigenvalue weighted by molar-refractivity contribution is 5.76. The van der Waals surface area contributed by atoms with Gasteiger partial charge in [0, 0.05) is 6.42 Å². The lowest BCUT2D eigenvalue weighted by Gasteiger charge is -2.40. The van der Waals surface area contributed by atoms with E-state index in [-0.39, 0.29) is 12.5 Å². The zero-order chi connectivity index (χ0) is 52.9. The van der Waals surface area contributed by atoms with Crippen LogP contribution in [0.1, 0.15) is 284 Å². The van der Waals surface area contributed by atoms with Crippen molar-refractivity contribution in [2.45, 2.75) is 326 Å². The van der Waals surface area contributed by atoms with Crippen molar-refractivity contribution in [3.05, 3.63) is 60.8 Å². The molecule has 9 heteroatoms. The summed E-state index contributed by atoms with van der Waals surface area (Å²) in [5.74, 6) is -0.173. The Morgan fingerprint density at radius 3 is 1.26 bits per heavy atom. The first-order valence-corrected chi connectivity index (χ1v) is 31.0. The molecule has 0 aliphatic carbocycles. The van der Waals surface area contributed by atoms with Gasteiger partial charge >= 0.3 is 0 Å². The van der Waals surface area contributed by atoms with Gasteiger partial charge in [-0.2, -0.15) is 0 Å². The smallest absolute Gasteiger partial charge is 0.220 e. The summed E-state index contributed by atoms with van der Waals surface area (Å²) in [4.78, 5) is 13.1. The zero-order valence-corrected chi connectivity index (χ0v) is 47.4. The molecule has 0 aromatic rings. The van der Waals surface area contributed by atoms with Gasteiger partial charge in [-0.25, -0.2) is 0 Å². The molecule has 6 N–H and O–H groups in total. The Balaban J connectivity index is 2.09. The Morgan fingerprint density at radius 1 is 0.479 bits per heavy atom. The van der Waals surface area contributed by atoms with Crippen molar-refractivity contribution < 1.29 is 39.8 Å². The van der Waals surface area contributed by atoms with Crippen LogP contribution < -0.4 is 5.32 Å². The van der Waals surface area contributed by atoms with Crippen molar-refractivity contribution in [1.82, 2.24) is 5.32 Å². The van der Waals surface area contributed by atoms with Crippen LogP contribution in [-0.2, 0) is 14.3 Å². The minimum atomic E-state index is -1.57. The van der Waals surface area contributed by atoms with E-state index in [1.54, 1.807) is 6.08 Å². The van der Waals surface area contributed by atoms with Crippen LogP contribution in [0, 0.1) is 0 Å². The molecule has 1 fully saturated rings. The zero-order valence-electron chi connectivity index (χ0n) is 47.4. The van der Waals surface area contributed by atoms with Crippen LogP contribution in [0.15, 0.2) is 60.8 Å². The largest absolute Gasteiger partial charge is 0.394 e. The van der Waals surface area contributed by atoms with E-state index in [1.807, 2.05) is 6.08 Å². The van der Waals surface area contributed by atoms with Gasteiger partial charge in [-0.15, -0.1) is 0 Å². The minimum Gasteiger partial charge on any atom is -0.394 e. The number of carbonyl (C=O) groups is 1. The van der Waals surface area contributed by atoms with E-state index in [1.165, 1.54) is 199 Å². The fourth-order valence-electron chi connectivity index (χ4n) is 9.74. The molecule has 0 aromatic carbocycles. The molecule has 0 radical (unpaired) electrons. The molecule has 1 aliphatic heterocycles. The summed E-state index contributed by atoms with van der Waals surface area (Å²) >= 11 is 0. The van der Waals surface area contributed by atoms with Crippen LogP contribution in [0.4, 0.5) is 0 Å². The monoisotopic (exact) mass is 1030 g/mol. The van der Waals surface area contributed by atoms with Crippen molar-refractivity contribution >= 4 is 5.91 Å². The molecule has 1 heterocycles. The van der Waals surface area contributed by atoms with Gasteiger partial charge < -0.3 is 40.3 Å². The third-order valence-electron chi connectivity index (χ3n) is 14.6. The molecule has 9 nitrogen and oxygen atoms in total. The Labute approximate surface area is 449 Å². The second-order valence-electron chi connectivity index (χ2n) is 21.5. The minimum absolute atomic E-state index is 0.173. The second kappa shape index (κ2) is 53.3. The molecule has 0 spiro atoms. The van der Waals surface area contributed by atoms with Crippen molar-refractivity contribution in [1.29, 1.82) is 0 Å². The summed E-state index contributed by atoms with van der Waals surface area (Å²) in [6.07, 6.45) is 65.9. The summed E-state index contributed by atoms with van der Waals surface area (Å²) in [5.41, 5.74) is 0. The summed E-state index contributed by atoms with van der Waals surface area (Å²) < 4.78 is 11.3. The molecular weight excluding hydrogens is 911 g/mol. The topological polar surface area (TPSA) is 149 Å². The van der Waals surface area contributed by atoms with Crippen LogP contribution >= 0.6 is 0 Å². The average molecular weight is 1030 g/mol. The lowest BCUT2D eigenvalue weighted by atomic mass is 9.99. The third kappa shape index (κ3) is 42.7. The van der Waals surface area contributed by atoms with Crippen molar-refractivity contribution in [3.63, 3.8) is 0 Å². The summed E-state index contributed by atoms with van der Waals surface area (Å²) in [6.45, 7) is 3.68. The van der Waals surface area contributed by atoms with Gasteiger partial charge in [0.15, 0.2) is 6.29 Å². The third-order valence-corrected chi connectivity index (χ3v) is 14.6. The molecule has 1 saturated heterocycles. The number of aliphatic hydroxyl groups excluding tert-OH is 5. The molecule has 0 bridgehead atoms. The number of carbonyl (C=O) groups excluding carboxylic acids is 1. The van der Waals surface area contributed by atoms with Crippen molar-refractivity contribution in [2.75, 3.05) is 13.2 Å². The number of ether oxygens (including phenoxy) is 2. The van der Waals surface area contributed by atoms with E-state index in [0.717, 1.165) is 64.2 Å². The predicted octanol–water partition coefficient (Wildman–Crippen LogP) is 15.9. The Morgan fingerprint density at radius 2 is 0.849 bits per heavy atom. The van der Waals surface area contributed by atoms with E-state index in [9.17, 15) is 30.3 Å². The average Bonchev–Trinajstić information content (AvgIpc) is 3.39. The van der Waals surface area contributed by atoms with E-state index in [2.05, 4.69) is 67.8 Å². The standard InChI is InChI=1S/C64H117NO8/c1-3-5-7-9-11-13-15-17-19-20-21-22-23-24-25-26-27-28-29-30-31-32-33-34-35-36-37-38-40-42-44-46-48-50-52-54-60(68)65-57(56-72-64-63(71)62(70)61(69)59(55-66)73-64)58(67)53-51-49-47-45-43-41-39-18-16-14-12-10-8-6-4-2/h5,7,11,13,17,19,21-22,51,53,57-59,61-64,66-67,69-71H,3-4,6,8-10,12,14-16,18,20,23-50,52,54-56H2,1-2H3,(H,65,68)/b7-5-,13-11-,19-17-,22-21-,53-51+. The number of amides is 1. The number of allylic oxidation sites excluding steroid dienone is 9. The first-order valence-electron chi connectivity index (χ1n) is 31.0. The summed E-state index contributed by atoms with van der Waals surface area (Å²) in [5, 5.41) is 54.5. The predicted molar refractivity (Wildman–Crippen MR) is 309 cm³/mol. The molecule has 1 aliphatic rings. The van der Waals surface area contributed by atoms with Crippen molar-refractivity contribution in [3.8, 4) is 0 Å². The van der Waals surface area contributed by atoms with Gasteiger partial charge in [-0.1, -0.05) is 280 Å².